The van der Waals surface area contributed by atoms with E-state index in [9.17, 15) is 67.4 Å². The number of methoxy groups -OCH3 is 1. The number of hydrogen-bond acceptors (Lipinski definition) is 22. The summed E-state index contributed by atoms with van der Waals surface area (Å²) in [6.07, 6.45) is 0. The maximum Gasteiger partial charge on any atom is 0.297 e. The van der Waals surface area contributed by atoms with Gasteiger partial charge in [-0.2, -0.15) is 38.9 Å². The molecule has 0 aliphatic rings. The minimum atomic E-state index is -5.42. The van der Waals surface area contributed by atoms with E-state index in [1.807, 2.05) is 6.07 Å². The summed E-state index contributed by atoms with van der Waals surface area (Å²) in [5, 5.41) is 55.7. The lowest BCUT2D eigenvalue weighted by molar-refractivity contribution is 0.416. The number of aromatic nitrogens is 3. The van der Waals surface area contributed by atoms with Crippen LogP contribution in [0.3, 0.4) is 0 Å². The number of thiazole rings is 1. The normalized spacial score (nSPS) is 13.0. The van der Waals surface area contributed by atoms with Crippen molar-refractivity contribution >= 4 is 129 Å². The van der Waals surface area contributed by atoms with Gasteiger partial charge in [0.05, 0.1) is 34.0 Å². The van der Waals surface area contributed by atoms with Gasteiger partial charge in [-0.05, 0) is 61.9 Å². The largest absolute Gasteiger partial charge is 0.505 e. The number of benzene rings is 5. The van der Waals surface area contributed by atoms with Crippen LogP contribution in [0.2, 0.25) is 0 Å². The number of phenolic OH excluding ortho intramolecular Hbond substituents is 1. The summed E-state index contributed by atoms with van der Waals surface area (Å²) in [5.41, 5.74) is -1.56. The molecule has 0 amide bonds. The molecule has 6 N–H and O–H groups in total. The maximum atomic E-state index is 13.1. The molecule has 26 nitrogen and oxygen atoms in total. The Morgan fingerprint density at radius 1 is 0.676 bits per heavy atom. The first kappa shape index (κ1) is 49.7. The Hall–Kier alpha value is -7.67. The highest BCUT2D eigenvalue weighted by molar-refractivity contribution is 7.87. The van der Waals surface area contributed by atoms with Crippen LogP contribution in [0.5, 0.6) is 17.4 Å². The molecular formula is C40H31N11O15S5. The van der Waals surface area contributed by atoms with Crippen molar-refractivity contribution < 1.29 is 66.8 Å². The topological polar surface area (TPSA) is 399 Å². The number of fused-ring (bicyclic) bond motifs is 5. The van der Waals surface area contributed by atoms with E-state index >= 15 is 0 Å². The van der Waals surface area contributed by atoms with Crippen molar-refractivity contribution in [2.24, 2.45) is 30.7 Å². The van der Waals surface area contributed by atoms with E-state index in [2.05, 4.69) is 40.7 Å². The van der Waals surface area contributed by atoms with E-state index in [0.717, 1.165) is 25.1 Å². The van der Waals surface area contributed by atoms with E-state index in [0.29, 0.717) is 28.4 Å². The van der Waals surface area contributed by atoms with Crippen molar-refractivity contribution in [3.8, 4) is 23.4 Å². The van der Waals surface area contributed by atoms with Crippen LogP contribution in [0.1, 0.15) is 16.7 Å². The molecule has 0 aliphatic heterocycles. The lowest BCUT2D eigenvalue weighted by atomic mass is 10.1. The molecule has 0 fully saturated rings. The zero-order valence-electron chi connectivity index (χ0n) is 36.6. The molecule has 0 radical (unpaired) electrons. The number of nitrogens with zero attached hydrogens (tertiary/aromatic N) is 11. The van der Waals surface area contributed by atoms with Gasteiger partial charge in [0, 0.05) is 36.5 Å². The molecule has 8 rings (SSSR count). The Morgan fingerprint density at radius 2 is 1.31 bits per heavy atom. The highest BCUT2D eigenvalue weighted by Crippen LogP contribution is 2.48. The quantitative estimate of drug-likeness (QED) is 0.0493. The Bertz CT molecular complexity index is 4260. The third-order valence-electron chi connectivity index (χ3n) is 10.6. The fourth-order valence-electron chi connectivity index (χ4n) is 7.49. The summed E-state index contributed by atoms with van der Waals surface area (Å²) in [6.45, 7) is 2.49. The van der Waals surface area contributed by atoms with E-state index in [4.69, 9.17) is 4.74 Å². The molecule has 31 heteroatoms. The number of para-hydroxylation sites is 2. The second-order valence-electron chi connectivity index (χ2n) is 15.2. The lowest BCUT2D eigenvalue weighted by Gasteiger charge is -2.17. The van der Waals surface area contributed by atoms with Gasteiger partial charge in [0.2, 0.25) is 11.0 Å². The van der Waals surface area contributed by atoms with Crippen molar-refractivity contribution in [1.82, 2.24) is 14.4 Å². The highest BCUT2D eigenvalue weighted by atomic mass is 32.2. The van der Waals surface area contributed by atoms with Crippen LogP contribution in [0.25, 0.3) is 37.7 Å². The first-order chi connectivity index (χ1) is 33.1. The van der Waals surface area contributed by atoms with Gasteiger partial charge in [-0.3, -0.25) is 22.6 Å². The second-order valence-corrected chi connectivity index (χ2v) is 21.7. The second kappa shape index (κ2) is 17.6. The number of hydrogen-bond donors (Lipinski definition) is 6. The first-order valence-electron chi connectivity index (χ1n) is 19.5. The van der Waals surface area contributed by atoms with Crippen LogP contribution in [0.4, 0.5) is 39.3 Å². The van der Waals surface area contributed by atoms with Gasteiger partial charge in [0.15, 0.2) is 17.1 Å². The third kappa shape index (κ3) is 8.94. The fraction of sp³-hybridized carbons (Fsp3) is 0.125. The van der Waals surface area contributed by atoms with E-state index < -0.39 is 99.4 Å². The van der Waals surface area contributed by atoms with Gasteiger partial charge in [-0.15, -0.1) is 30.7 Å². The van der Waals surface area contributed by atoms with Crippen LogP contribution in [0, 0.1) is 25.2 Å². The molecule has 8 aromatic rings. The maximum absolute atomic E-state index is 13.1. The Labute approximate surface area is 404 Å². The Kier molecular flexibility index (Phi) is 12.3. The molecule has 0 aliphatic carbocycles. The molecule has 366 valence electrons. The summed E-state index contributed by atoms with van der Waals surface area (Å²) in [6, 6.07) is 14.7. The van der Waals surface area contributed by atoms with E-state index in [1.165, 1.54) is 35.5 Å². The smallest absolute Gasteiger partial charge is 0.297 e. The van der Waals surface area contributed by atoms with Gasteiger partial charge in [0.1, 0.15) is 59.7 Å². The van der Waals surface area contributed by atoms with E-state index in [-0.39, 0.29) is 60.6 Å². The minimum Gasteiger partial charge on any atom is -0.505 e. The van der Waals surface area contributed by atoms with Crippen molar-refractivity contribution in [3.63, 3.8) is 0 Å². The molecule has 0 saturated heterocycles. The van der Waals surface area contributed by atoms with Crippen LogP contribution >= 0.6 is 11.3 Å². The van der Waals surface area contributed by atoms with Gasteiger partial charge in [-0.1, -0.05) is 23.5 Å². The molecule has 3 aromatic heterocycles. The van der Waals surface area contributed by atoms with Gasteiger partial charge in [0.25, 0.3) is 40.5 Å². The molecule has 5 aromatic carbocycles. The summed E-state index contributed by atoms with van der Waals surface area (Å²) in [5.74, 6) is -1.66. The molecule has 0 atom stereocenters. The summed E-state index contributed by atoms with van der Waals surface area (Å²) >= 11 is 0.605. The SMILES string of the molecule is COc1cc(N=Nc2c(S(=O)(=O)O)cc3c(S(=O)(=O)O)c(N=Nc4c(C)c(C#N)c5nc6ccccc6n5c4O)ccc3c2O)c(N(C)C)cc1N=Nc1nc2cc(S(=O)(=O)O)c(C)c(S(=O)(=O)O)c2s1. The summed E-state index contributed by atoms with van der Waals surface area (Å²) in [4.78, 5) is 6.06. The number of aromatic hydroxyl groups is 2. The Balaban J connectivity index is 1.22. The number of anilines is 1. The number of nitriles is 1. The van der Waals surface area contributed by atoms with Crippen molar-refractivity contribution in [1.29, 1.82) is 5.26 Å². The number of azo groups is 3. The average molecular weight is 1070 g/mol. The number of ether oxygens (including phenoxy) is 1. The number of pyridine rings is 1. The summed E-state index contributed by atoms with van der Waals surface area (Å²) < 4.78 is 148. The first-order valence-corrected chi connectivity index (χ1v) is 26.1. The third-order valence-corrected chi connectivity index (χ3v) is 15.5. The highest BCUT2D eigenvalue weighted by Gasteiger charge is 2.30. The predicted molar refractivity (Wildman–Crippen MR) is 253 cm³/mol. The summed E-state index contributed by atoms with van der Waals surface area (Å²) in [7, 11) is -16.5. The molecular weight excluding hydrogens is 1030 g/mol. The fourth-order valence-corrected chi connectivity index (χ4v) is 11.9. The number of phenols is 1. The van der Waals surface area contributed by atoms with Crippen LogP contribution in [-0.4, -0.2) is 97.7 Å². The molecule has 0 saturated carbocycles. The predicted octanol–water partition coefficient (Wildman–Crippen LogP) is 8.46. The Morgan fingerprint density at radius 3 is 1.93 bits per heavy atom. The van der Waals surface area contributed by atoms with Crippen LogP contribution in [0.15, 0.2) is 111 Å². The van der Waals surface area contributed by atoms with Crippen molar-refractivity contribution in [2.75, 3.05) is 26.1 Å². The molecule has 0 spiro atoms. The van der Waals surface area contributed by atoms with Crippen LogP contribution in [-0.2, 0) is 40.5 Å². The minimum absolute atomic E-state index is 0.0109. The van der Waals surface area contributed by atoms with E-state index in [1.54, 1.807) is 38.4 Å². The van der Waals surface area contributed by atoms with Gasteiger partial charge >= 0.3 is 0 Å². The number of imidazole rings is 1. The van der Waals surface area contributed by atoms with Crippen molar-refractivity contribution in [3.05, 3.63) is 77.4 Å². The average Bonchev–Trinajstić information content (AvgIpc) is 3.87. The number of rotatable bonds is 12. The monoisotopic (exact) mass is 1070 g/mol. The van der Waals surface area contributed by atoms with Gasteiger partial charge < -0.3 is 19.8 Å². The van der Waals surface area contributed by atoms with Crippen LogP contribution < -0.4 is 9.64 Å². The standard InChI is InChI=1S/C40H31N11O15S5/c1-17-21(16-41)38-42-22-8-6-7-9-27(22)51(38)39(53)32(17)47-44-23-11-10-19-20(37(23)71(63,64)65)12-31(69(57,58)59)33(34(19)52)48-45-24-14-29(66-5)25(13-28(24)50(3)4)46-49-40-43-26-15-30(68(54,55)56)18(2)36(35(26)67-40)70(60,61)62/h6-15,52-53H,1-5H3,(H,54,55,56)(H,57,58,59)(H,60,61,62)(H,63,64,65). The lowest BCUT2D eigenvalue weighted by Crippen LogP contribution is -2.08. The van der Waals surface area contributed by atoms with Gasteiger partial charge in [-0.25, -0.2) is 9.97 Å². The zero-order valence-corrected chi connectivity index (χ0v) is 40.7. The van der Waals surface area contributed by atoms with Crippen molar-refractivity contribution in [2.45, 2.75) is 33.4 Å². The zero-order chi connectivity index (χ0) is 51.9. The molecule has 0 bridgehead atoms. The molecule has 0 unspecified atom stereocenters. The molecule has 3 heterocycles. The molecule has 71 heavy (non-hydrogen) atoms.